The first kappa shape index (κ1) is 10.5. The summed E-state index contributed by atoms with van der Waals surface area (Å²) in [6.07, 6.45) is 0. The molecule has 1 nitrogen and oxygen atoms in total. The van der Waals surface area contributed by atoms with Crippen molar-refractivity contribution in [3.63, 3.8) is 0 Å². The Kier molecular flexibility index (Phi) is 3.14. The molecule has 1 N–H and O–H groups in total. The molecule has 4 heteroatoms. The average molecular weight is 276 g/mol. The predicted molar refractivity (Wildman–Crippen MR) is 61.9 cm³/mol. The van der Waals surface area contributed by atoms with E-state index in [9.17, 15) is 4.39 Å². The van der Waals surface area contributed by atoms with Gasteiger partial charge in [0.2, 0.25) is 0 Å². The Hall–Kier alpha value is -0.0600. The van der Waals surface area contributed by atoms with Crippen LogP contribution in [0.15, 0.2) is 22.7 Å². The van der Waals surface area contributed by atoms with Gasteiger partial charge in [0, 0.05) is 21.8 Å². The fourth-order valence-electron chi connectivity index (χ4n) is 1.53. The third kappa shape index (κ3) is 1.97. The Morgan fingerprint density at radius 2 is 2.36 bits per heavy atom. The zero-order valence-electron chi connectivity index (χ0n) is 7.76. The van der Waals surface area contributed by atoms with E-state index in [2.05, 4.69) is 28.2 Å². The summed E-state index contributed by atoms with van der Waals surface area (Å²) in [6.45, 7) is 3.09. The molecule has 0 saturated carbocycles. The van der Waals surface area contributed by atoms with E-state index in [4.69, 9.17) is 0 Å². The van der Waals surface area contributed by atoms with Gasteiger partial charge >= 0.3 is 0 Å². The van der Waals surface area contributed by atoms with Crippen LogP contribution in [0, 0.1) is 5.82 Å². The fourth-order valence-corrected chi connectivity index (χ4v) is 3.48. The summed E-state index contributed by atoms with van der Waals surface area (Å²) in [5.41, 5.74) is 0.738. The molecule has 2 rings (SSSR count). The highest BCUT2D eigenvalue weighted by Crippen LogP contribution is 2.39. The summed E-state index contributed by atoms with van der Waals surface area (Å²) in [5, 5.41) is 3.93. The molecule has 0 aromatic heterocycles. The van der Waals surface area contributed by atoms with E-state index < -0.39 is 0 Å². The minimum atomic E-state index is -0.140. The van der Waals surface area contributed by atoms with Crippen LogP contribution in [-0.2, 0) is 0 Å². The first-order valence-electron chi connectivity index (χ1n) is 4.51. The van der Waals surface area contributed by atoms with E-state index in [-0.39, 0.29) is 11.2 Å². The number of hydrogen-bond donors (Lipinski definition) is 1. The van der Waals surface area contributed by atoms with Gasteiger partial charge in [-0.1, -0.05) is 28.9 Å². The van der Waals surface area contributed by atoms with Gasteiger partial charge in [-0.2, -0.15) is 0 Å². The monoisotopic (exact) mass is 275 g/mol. The van der Waals surface area contributed by atoms with Crippen LogP contribution in [0.5, 0.6) is 0 Å². The summed E-state index contributed by atoms with van der Waals surface area (Å²) in [5.74, 6) is -0.140. The molecule has 14 heavy (non-hydrogen) atoms. The SMILES string of the molecule is CC1CNC(c2c(F)cccc2Br)S1. The summed E-state index contributed by atoms with van der Waals surface area (Å²) in [7, 11) is 0. The maximum absolute atomic E-state index is 13.5. The number of halogens is 2. The molecule has 1 aromatic carbocycles. The van der Waals surface area contributed by atoms with Gasteiger partial charge in [0.1, 0.15) is 5.82 Å². The van der Waals surface area contributed by atoms with Gasteiger partial charge in [-0.05, 0) is 12.1 Å². The van der Waals surface area contributed by atoms with E-state index in [0.717, 1.165) is 16.6 Å². The Balaban J connectivity index is 2.31. The third-order valence-electron chi connectivity index (χ3n) is 2.22. The predicted octanol–water partition coefficient (Wildman–Crippen LogP) is 3.31. The second-order valence-electron chi connectivity index (χ2n) is 3.37. The molecule has 0 radical (unpaired) electrons. The van der Waals surface area contributed by atoms with Crippen molar-refractivity contribution < 1.29 is 4.39 Å². The Labute approximate surface area is 95.6 Å². The highest BCUT2D eigenvalue weighted by Gasteiger charge is 2.26. The van der Waals surface area contributed by atoms with Gasteiger partial charge in [0.05, 0.1) is 5.37 Å². The average Bonchev–Trinajstić information content (AvgIpc) is 2.51. The summed E-state index contributed by atoms with van der Waals surface area (Å²) in [4.78, 5) is 0. The van der Waals surface area contributed by atoms with Gasteiger partial charge in [0.25, 0.3) is 0 Å². The molecule has 1 heterocycles. The maximum atomic E-state index is 13.5. The molecule has 0 amide bonds. The molecule has 1 aliphatic heterocycles. The number of nitrogens with one attached hydrogen (secondary N) is 1. The van der Waals surface area contributed by atoms with Crippen LogP contribution in [0.3, 0.4) is 0 Å². The molecule has 1 saturated heterocycles. The van der Waals surface area contributed by atoms with Crippen LogP contribution in [-0.4, -0.2) is 11.8 Å². The van der Waals surface area contributed by atoms with Gasteiger partial charge in [0.15, 0.2) is 0 Å². The summed E-state index contributed by atoms with van der Waals surface area (Å²) in [6, 6.07) is 5.10. The van der Waals surface area contributed by atoms with Crippen molar-refractivity contribution in [2.75, 3.05) is 6.54 Å². The first-order valence-corrected chi connectivity index (χ1v) is 6.25. The van der Waals surface area contributed by atoms with E-state index in [1.165, 1.54) is 6.07 Å². The van der Waals surface area contributed by atoms with Crippen molar-refractivity contribution in [1.82, 2.24) is 5.32 Å². The van der Waals surface area contributed by atoms with Crippen molar-refractivity contribution in [1.29, 1.82) is 0 Å². The van der Waals surface area contributed by atoms with Gasteiger partial charge < -0.3 is 5.32 Å². The lowest BCUT2D eigenvalue weighted by Crippen LogP contribution is -2.15. The van der Waals surface area contributed by atoms with Crippen molar-refractivity contribution in [3.05, 3.63) is 34.1 Å². The Morgan fingerprint density at radius 1 is 1.57 bits per heavy atom. The molecule has 1 aliphatic rings. The van der Waals surface area contributed by atoms with E-state index in [1.807, 2.05) is 6.07 Å². The van der Waals surface area contributed by atoms with Crippen LogP contribution < -0.4 is 5.32 Å². The summed E-state index contributed by atoms with van der Waals surface area (Å²) < 4.78 is 14.4. The van der Waals surface area contributed by atoms with Gasteiger partial charge in [-0.15, -0.1) is 11.8 Å². The first-order chi connectivity index (χ1) is 6.68. The van der Waals surface area contributed by atoms with Crippen molar-refractivity contribution in [2.24, 2.45) is 0 Å². The molecule has 1 aromatic rings. The third-order valence-corrected chi connectivity index (χ3v) is 4.22. The van der Waals surface area contributed by atoms with E-state index >= 15 is 0 Å². The molecule has 76 valence electrons. The topological polar surface area (TPSA) is 12.0 Å². The lowest BCUT2D eigenvalue weighted by Gasteiger charge is -2.13. The Morgan fingerprint density at radius 3 is 2.93 bits per heavy atom. The number of benzene rings is 1. The molecular formula is C10H11BrFNS. The molecule has 0 bridgehead atoms. The van der Waals surface area contributed by atoms with Crippen LogP contribution in [0.25, 0.3) is 0 Å². The van der Waals surface area contributed by atoms with Crippen LogP contribution >= 0.6 is 27.7 Å². The second kappa shape index (κ2) is 4.21. The highest BCUT2D eigenvalue weighted by atomic mass is 79.9. The number of rotatable bonds is 1. The molecule has 0 spiro atoms. The molecule has 2 atom stereocenters. The molecular weight excluding hydrogens is 265 g/mol. The standard InChI is InChI=1S/C10H11BrFNS/c1-6-5-13-10(14-6)9-7(11)3-2-4-8(9)12/h2-4,6,10,13H,5H2,1H3. The minimum absolute atomic E-state index is 0.0839. The quantitative estimate of drug-likeness (QED) is 0.844. The lowest BCUT2D eigenvalue weighted by molar-refractivity contribution is 0.591. The second-order valence-corrected chi connectivity index (χ2v) is 5.77. The zero-order chi connectivity index (χ0) is 10.1. The van der Waals surface area contributed by atoms with E-state index in [0.29, 0.717) is 5.25 Å². The highest BCUT2D eigenvalue weighted by molar-refractivity contribution is 9.10. The lowest BCUT2D eigenvalue weighted by atomic mass is 10.2. The molecule has 2 unspecified atom stereocenters. The van der Waals surface area contributed by atoms with Crippen LogP contribution in [0.4, 0.5) is 4.39 Å². The molecule has 0 aliphatic carbocycles. The maximum Gasteiger partial charge on any atom is 0.129 e. The van der Waals surface area contributed by atoms with Gasteiger partial charge in [-0.3, -0.25) is 0 Å². The fraction of sp³-hybridized carbons (Fsp3) is 0.400. The normalized spacial score (nSPS) is 26.8. The molecule has 1 fully saturated rings. The van der Waals surface area contributed by atoms with Crippen molar-refractivity contribution >= 4 is 27.7 Å². The van der Waals surface area contributed by atoms with E-state index in [1.54, 1.807) is 17.8 Å². The Bertz CT molecular complexity index is 325. The number of hydrogen-bond acceptors (Lipinski definition) is 2. The van der Waals surface area contributed by atoms with Crippen molar-refractivity contribution in [2.45, 2.75) is 17.5 Å². The number of thioether (sulfide) groups is 1. The van der Waals surface area contributed by atoms with Gasteiger partial charge in [-0.25, -0.2) is 4.39 Å². The van der Waals surface area contributed by atoms with Crippen LogP contribution in [0.1, 0.15) is 17.9 Å². The van der Waals surface area contributed by atoms with Crippen molar-refractivity contribution in [3.8, 4) is 0 Å². The van der Waals surface area contributed by atoms with Crippen LogP contribution in [0.2, 0.25) is 0 Å². The minimum Gasteiger partial charge on any atom is -0.300 e. The summed E-state index contributed by atoms with van der Waals surface area (Å²) >= 11 is 5.15. The largest absolute Gasteiger partial charge is 0.300 e. The smallest absolute Gasteiger partial charge is 0.129 e. The zero-order valence-corrected chi connectivity index (χ0v) is 10.2.